The van der Waals surface area contributed by atoms with E-state index in [2.05, 4.69) is 14.9 Å². The second-order valence-corrected chi connectivity index (χ2v) is 6.88. The number of H-pyrrole nitrogens is 1. The fourth-order valence-corrected chi connectivity index (χ4v) is 2.75. The van der Waals surface area contributed by atoms with Crippen LogP contribution in [0.3, 0.4) is 0 Å². The van der Waals surface area contributed by atoms with Gasteiger partial charge in [-0.05, 0) is 30.7 Å². The number of alkyl halides is 2. The van der Waals surface area contributed by atoms with E-state index in [4.69, 9.17) is 4.74 Å². The van der Waals surface area contributed by atoms with E-state index >= 15 is 0 Å². The number of amides is 1. The summed E-state index contributed by atoms with van der Waals surface area (Å²) in [6, 6.07) is 15.2. The molecular formula is C22H21F2N3O4. The molecule has 0 saturated heterocycles. The Kier molecular flexibility index (Phi) is 6.96. The van der Waals surface area contributed by atoms with Crippen LogP contribution in [0.15, 0.2) is 54.6 Å². The van der Waals surface area contributed by atoms with E-state index in [1.165, 1.54) is 17.0 Å². The van der Waals surface area contributed by atoms with E-state index < -0.39 is 25.1 Å². The topological polar surface area (TPSA) is 84.5 Å². The van der Waals surface area contributed by atoms with Gasteiger partial charge >= 0.3 is 12.6 Å². The Morgan fingerprint density at radius 3 is 2.42 bits per heavy atom. The lowest BCUT2D eigenvalue weighted by molar-refractivity contribution is -0.133. The summed E-state index contributed by atoms with van der Waals surface area (Å²) in [5.74, 6) is -1.08. The van der Waals surface area contributed by atoms with Crippen molar-refractivity contribution >= 4 is 11.9 Å². The van der Waals surface area contributed by atoms with Crippen LogP contribution >= 0.6 is 0 Å². The van der Waals surface area contributed by atoms with Gasteiger partial charge in [0.2, 0.25) is 0 Å². The molecular weight excluding hydrogens is 408 g/mol. The van der Waals surface area contributed by atoms with Crippen molar-refractivity contribution in [1.29, 1.82) is 0 Å². The summed E-state index contributed by atoms with van der Waals surface area (Å²) in [6.07, 6.45) is 0. The highest BCUT2D eigenvalue weighted by Gasteiger charge is 2.16. The van der Waals surface area contributed by atoms with Crippen LogP contribution in [-0.4, -0.2) is 47.2 Å². The van der Waals surface area contributed by atoms with Crippen LogP contribution in [0.5, 0.6) is 5.75 Å². The van der Waals surface area contributed by atoms with E-state index in [1.807, 2.05) is 31.2 Å². The summed E-state index contributed by atoms with van der Waals surface area (Å²) in [7, 11) is 1.55. The van der Waals surface area contributed by atoms with Gasteiger partial charge in [0, 0.05) is 19.2 Å². The number of carbonyl (C=O) groups is 2. The predicted molar refractivity (Wildman–Crippen MR) is 109 cm³/mol. The fraction of sp³-hybridized carbons (Fsp3) is 0.227. The minimum atomic E-state index is -2.90. The highest BCUT2D eigenvalue weighted by atomic mass is 19.3. The number of aromatic nitrogens is 2. The summed E-state index contributed by atoms with van der Waals surface area (Å²) in [5.41, 5.74) is 3.40. The van der Waals surface area contributed by atoms with Gasteiger partial charge in [-0.3, -0.25) is 9.89 Å². The molecule has 7 nitrogen and oxygen atoms in total. The molecule has 0 aliphatic heterocycles. The monoisotopic (exact) mass is 429 g/mol. The third-order valence-corrected chi connectivity index (χ3v) is 4.47. The third kappa shape index (κ3) is 6.11. The smallest absolute Gasteiger partial charge is 0.387 e. The normalized spacial score (nSPS) is 10.7. The fourth-order valence-electron chi connectivity index (χ4n) is 2.75. The molecule has 0 aliphatic rings. The molecule has 3 rings (SSSR count). The van der Waals surface area contributed by atoms with Gasteiger partial charge in [-0.15, -0.1) is 0 Å². The molecule has 0 atom stereocenters. The largest absolute Gasteiger partial charge is 0.451 e. The van der Waals surface area contributed by atoms with Crippen molar-refractivity contribution in [1.82, 2.24) is 15.1 Å². The lowest BCUT2D eigenvalue weighted by atomic mass is 10.1. The lowest BCUT2D eigenvalue weighted by Crippen LogP contribution is -2.30. The first kappa shape index (κ1) is 21.9. The first-order valence-corrected chi connectivity index (χ1v) is 9.39. The van der Waals surface area contributed by atoms with E-state index in [-0.39, 0.29) is 18.0 Å². The predicted octanol–water partition coefficient (Wildman–Crippen LogP) is 3.80. The summed E-state index contributed by atoms with van der Waals surface area (Å²) < 4.78 is 33.7. The molecule has 1 N–H and O–H groups in total. The number of ether oxygens (including phenoxy) is 2. The number of nitrogens with zero attached hydrogens (tertiary/aromatic N) is 2. The molecule has 2 aromatic carbocycles. The molecule has 0 spiro atoms. The minimum Gasteiger partial charge on any atom is -0.451 e. The number of nitrogens with one attached hydrogen (secondary N) is 1. The van der Waals surface area contributed by atoms with Gasteiger partial charge in [0.05, 0.1) is 5.69 Å². The van der Waals surface area contributed by atoms with E-state index in [1.54, 1.807) is 25.2 Å². The molecule has 0 fully saturated rings. The number of likely N-dealkylation sites (N-methyl/N-ethyl adjacent to an activating group) is 1. The first-order chi connectivity index (χ1) is 14.8. The number of rotatable bonds is 8. The van der Waals surface area contributed by atoms with Crippen LogP contribution in [0.1, 0.15) is 21.6 Å². The van der Waals surface area contributed by atoms with Crippen molar-refractivity contribution in [3.8, 4) is 17.0 Å². The van der Waals surface area contributed by atoms with Gasteiger partial charge in [0.1, 0.15) is 11.4 Å². The van der Waals surface area contributed by atoms with E-state index in [9.17, 15) is 18.4 Å². The van der Waals surface area contributed by atoms with Crippen LogP contribution in [0.4, 0.5) is 8.78 Å². The van der Waals surface area contributed by atoms with Gasteiger partial charge in [0.25, 0.3) is 5.91 Å². The number of hydrogen-bond donors (Lipinski definition) is 1. The second kappa shape index (κ2) is 9.84. The van der Waals surface area contributed by atoms with Crippen molar-refractivity contribution in [2.75, 3.05) is 13.7 Å². The summed E-state index contributed by atoms with van der Waals surface area (Å²) in [5, 5.41) is 6.72. The van der Waals surface area contributed by atoms with Gasteiger partial charge in [-0.2, -0.15) is 13.9 Å². The van der Waals surface area contributed by atoms with Gasteiger partial charge in [-0.25, -0.2) is 4.79 Å². The Morgan fingerprint density at radius 2 is 1.77 bits per heavy atom. The van der Waals surface area contributed by atoms with Gasteiger partial charge < -0.3 is 14.4 Å². The van der Waals surface area contributed by atoms with Crippen molar-refractivity contribution in [2.24, 2.45) is 0 Å². The number of benzene rings is 2. The Bertz CT molecular complexity index is 1030. The maximum atomic E-state index is 12.3. The van der Waals surface area contributed by atoms with Crippen molar-refractivity contribution in [2.45, 2.75) is 20.1 Å². The quantitative estimate of drug-likeness (QED) is 0.551. The van der Waals surface area contributed by atoms with E-state index in [0.717, 1.165) is 11.1 Å². The van der Waals surface area contributed by atoms with Crippen LogP contribution in [0.2, 0.25) is 0 Å². The molecule has 0 radical (unpaired) electrons. The number of hydrogen-bond acceptors (Lipinski definition) is 5. The van der Waals surface area contributed by atoms with E-state index in [0.29, 0.717) is 11.3 Å². The maximum absolute atomic E-state index is 12.3. The Balaban J connectivity index is 1.50. The zero-order valence-corrected chi connectivity index (χ0v) is 17.0. The molecule has 1 amide bonds. The molecule has 31 heavy (non-hydrogen) atoms. The molecule has 0 saturated carbocycles. The molecule has 0 bridgehead atoms. The standard InChI is InChI=1S/C22H21F2N3O4/c1-14-3-7-16(8-4-14)18-11-19(26-25-18)21(29)30-13-20(28)27(2)12-15-5-9-17(10-6-15)31-22(23)24/h3-11,22H,12-13H2,1-2H3,(H,25,26). The number of aromatic amines is 1. The third-order valence-electron chi connectivity index (χ3n) is 4.47. The molecule has 3 aromatic rings. The van der Waals surface area contributed by atoms with Crippen LogP contribution in [0, 0.1) is 6.92 Å². The summed E-state index contributed by atoms with van der Waals surface area (Å²) >= 11 is 0. The SMILES string of the molecule is Cc1ccc(-c2cc(C(=O)OCC(=O)N(C)Cc3ccc(OC(F)F)cc3)[nH]n2)cc1. The molecule has 0 aliphatic carbocycles. The number of esters is 1. The van der Waals surface area contributed by atoms with Crippen LogP contribution < -0.4 is 4.74 Å². The highest BCUT2D eigenvalue weighted by Crippen LogP contribution is 2.19. The molecule has 0 unspecified atom stereocenters. The first-order valence-electron chi connectivity index (χ1n) is 9.39. The maximum Gasteiger partial charge on any atom is 0.387 e. The molecule has 162 valence electrons. The van der Waals surface area contributed by atoms with Crippen LogP contribution in [-0.2, 0) is 16.1 Å². The summed E-state index contributed by atoms with van der Waals surface area (Å²) in [6.45, 7) is -1.15. The summed E-state index contributed by atoms with van der Waals surface area (Å²) in [4.78, 5) is 25.8. The van der Waals surface area contributed by atoms with Crippen molar-refractivity contribution in [3.05, 3.63) is 71.4 Å². The van der Waals surface area contributed by atoms with Crippen LogP contribution in [0.25, 0.3) is 11.3 Å². The second-order valence-electron chi connectivity index (χ2n) is 6.88. The number of halogens is 2. The lowest BCUT2D eigenvalue weighted by Gasteiger charge is -2.17. The zero-order chi connectivity index (χ0) is 22.4. The average molecular weight is 429 g/mol. The Labute approximate surface area is 177 Å². The van der Waals surface area contributed by atoms with Gasteiger partial charge in [0.15, 0.2) is 6.61 Å². The number of aryl methyl sites for hydroxylation is 1. The molecule has 9 heteroatoms. The average Bonchev–Trinajstić information content (AvgIpc) is 3.23. The van der Waals surface area contributed by atoms with Gasteiger partial charge in [-0.1, -0.05) is 42.0 Å². The van der Waals surface area contributed by atoms with Crippen molar-refractivity contribution in [3.63, 3.8) is 0 Å². The molecule has 1 aromatic heterocycles. The Morgan fingerprint density at radius 1 is 1.10 bits per heavy atom. The van der Waals surface area contributed by atoms with Crippen molar-refractivity contribution < 1.29 is 27.8 Å². The Hall–Kier alpha value is -3.75. The minimum absolute atomic E-state index is 0.0335. The molecule has 1 heterocycles. The number of carbonyl (C=O) groups excluding carboxylic acids is 2. The highest BCUT2D eigenvalue weighted by molar-refractivity contribution is 5.90. The zero-order valence-electron chi connectivity index (χ0n) is 17.0.